The molecular weight excluding hydrogens is 279 g/mol. The number of carbonyl (C=O) groups is 1. The smallest absolute Gasteiger partial charge is 0.304 e. The predicted octanol–water partition coefficient (Wildman–Crippen LogP) is 2.62. The summed E-state index contributed by atoms with van der Waals surface area (Å²) in [5.74, 6) is -1.13. The lowest BCUT2D eigenvalue weighted by Gasteiger charge is -2.08. The van der Waals surface area contributed by atoms with E-state index in [9.17, 15) is 9.18 Å². The Labute approximate surface area is 101 Å². The number of alkyl halides is 1. The van der Waals surface area contributed by atoms with Crippen LogP contribution in [0.4, 0.5) is 4.39 Å². The lowest BCUT2D eigenvalue weighted by Crippen LogP contribution is -2.09. The molecule has 1 unspecified atom stereocenters. The summed E-state index contributed by atoms with van der Waals surface area (Å²) in [6.07, 6.45) is 0.473. The van der Waals surface area contributed by atoms with Crippen LogP contribution in [0.5, 0.6) is 5.75 Å². The van der Waals surface area contributed by atoms with Crippen molar-refractivity contribution in [3.63, 3.8) is 0 Å². The molecule has 0 bridgehead atoms. The molecule has 1 aromatic rings. The van der Waals surface area contributed by atoms with Crippen molar-refractivity contribution in [1.82, 2.24) is 0 Å². The second-order valence-corrected chi connectivity index (χ2v) is 4.66. The summed E-state index contributed by atoms with van der Waals surface area (Å²) < 4.78 is 18.1. The fraction of sp³-hybridized carbons (Fsp3) is 0.364. The number of carboxylic acid groups (broad SMARTS) is 1. The Hall–Kier alpha value is -1.10. The quantitative estimate of drug-likeness (QED) is 0.848. The maximum atomic E-state index is 13.3. The molecule has 0 aliphatic heterocycles. The first kappa shape index (κ1) is 13.0. The second-order valence-electron chi connectivity index (χ2n) is 3.37. The molecule has 1 N–H and O–H groups in total. The maximum Gasteiger partial charge on any atom is 0.304 e. The minimum atomic E-state index is -0.879. The normalized spacial score (nSPS) is 12.2. The minimum absolute atomic E-state index is 0.00759. The zero-order valence-corrected chi connectivity index (χ0v) is 10.3. The Morgan fingerprint density at radius 3 is 2.81 bits per heavy atom. The lowest BCUT2D eigenvalue weighted by atomic mass is 10.1. The highest BCUT2D eigenvalue weighted by molar-refractivity contribution is 9.09. The van der Waals surface area contributed by atoms with Gasteiger partial charge >= 0.3 is 5.97 Å². The topological polar surface area (TPSA) is 46.5 Å². The molecule has 0 aliphatic carbocycles. The van der Waals surface area contributed by atoms with Crippen molar-refractivity contribution in [2.75, 3.05) is 7.11 Å². The first-order valence-electron chi connectivity index (χ1n) is 4.71. The van der Waals surface area contributed by atoms with Crippen molar-refractivity contribution in [2.45, 2.75) is 17.7 Å². The number of benzene rings is 1. The van der Waals surface area contributed by atoms with Crippen molar-refractivity contribution in [2.24, 2.45) is 0 Å². The third kappa shape index (κ3) is 3.81. The third-order valence-corrected chi connectivity index (χ3v) is 2.72. The second kappa shape index (κ2) is 5.84. The van der Waals surface area contributed by atoms with Crippen LogP contribution in [0.2, 0.25) is 0 Å². The van der Waals surface area contributed by atoms with Crippen LogP contribution in [0.15, 0.2) is 18.2 Å². The molecule has 5 heteroatoms. The summed E-state index contributed by atoms with van der Waals surface area (Å²) >= 11 is 3.24. The van der Waals surface area contributed by atoms with Gasteiger partial charge in [0.1, 0.15) is 0 Å². The number of ether oxygens (including phenoxy) is 1. The lowest BCUT2D eigenvalue weighted by molar-refractivity contribution is -0.136. The SMILES string of the molecule is COc1ccc(CC(Br)CC(=O)O)cc1F. The monoisotopic (exact) mass is 290 g/mol. The van der Waals surface area contributed by atoms with Gasteiger partial charge < -0.3 is 9.84 Å². The molecule has 0 radical (unpaired) electrons. The van der Waals surface area contributed by atoms with Gasteiger partial charge in [-0.15, -0.1) is 0 Å². The van der Waals surface area contributed by atoms with Crippen LogP contribution >= 0.6 is 15.9 Å². The Balaban J connectivity index is 2.67. The number of carboxylic acids is 1. The van der Waals surface area contributed by atoms with Crippen molar-refractivity contribution < 1.29 is 19.0 Å². The zero-order valence-electron chi connectivity index (χ0n) is 8.74. The van der Waals surface area contributed by atoms with E-state index in [-0.39, 0.29) is 17.0 Å². The van der Waals surface area contributed by atoms with Crippen LogP contribution in [0.3, 0.4) is 0 Å². The molecule has 3 nitrogen and oxygen atoms in total. The average Bonchev–Trinajstić information content (AvgIpc) is 2.16. The van der Waals surface area contributed by atoms with Crippen molar-refractivity contribution in [3.8, 4) is 5.75 Å². The van der Waals surface area contributed by atoms with Crippen LogP contribution in [0, 0.1) is 5.82 Å². The number of hydrogen-bond acceptors (Lipinski definition) is 2. The Bertz CT molecular complexity index is 381. The van der Waals surface area contributed by atoms with Crippen molar-refractivity contribution in [1.29, 1.82) is 0 Å². The van der Waals surface area contributed by atoms with Crippen molar-refractivity contribution in [3.05, 3.63) is 29.6 Å². The van der Waals surface area contributed by atoms with Gasteiger partial charge in [-0.3, -0.25) is 4.79 Å². The van der Waals surface area contributed by atoms with E-state index in [1.54, 1.807) is 6.07 Å². The van der Waals surface area contributed by atoms with E-state index < -0.39 is 11.8 Å². The summed E-state index contributed by atoms with van der Waals surface area (Å²) in [6.45, 7) is 0. The Morgan fingerprint density at radius 1 is 1.62 bits per heavy atom. The highest BCUT2D eigenvalue weighted by Gasteiger charge is 2.11. The Morgan fingerprint density at radius 2 is 2.31 bits per heavy atom. The molecule has 1 aromatic carbocycles. The molecule has 1 rings (SSSR count). The van der Waals surface area contributed by atoms with Gasteiger partial charge in [0.2, 0.25) is 0 Å². The molecule has 16 heavy (non-hydrogen) atoms. The number of hydrogen-bond donors (Lipinski definition) is 1. The van der Waals surface area contributed by atoms with Gasteiger partial charge in [0.15, 0.2) is 11.6 Å². The van der Waals surface area contributed by atoms with Gasteiger partial charge in [0.05, 0.1) is 13.5 Å². The van der Waals surface area contributed by atoms with E-state index in [1.807, 2.05) is 0 Å². The summed E-state index contributed by atoms with van der Waals surface area (Å²) in [6, 6.07) is 4.61. The molecule has 0 saturated heterocycles. The standard InChI is InChI=1S/C11H12BrFO3/c1-16-10-3-2-7(5-9(10)13)4-8(12)6-11(14)15/h2-3,5,8H,4,6H2,1H3,(H,14,15). The third-order valence-electron chi connectivity index (χ3n) is 2.07. The van der Waals surface area contributed by atoms with Crippen LogP contribution in [0.1, 0.15) is 12.0 Å². The Kier molecular flexibility index (Phi) is 4.73. The van der Waals surface area contributed by atoms with E-state index in [0.717, 1.165) is 5.56 Å². The van der Waals surface area contributed by atoms with Gasteiger partial charge in [-0.05, 0) is 24.1 Å². The summed E-state index contributed by atoms with van der Waals surface area (Å²) in [5.41, 5.74) is 0.737. The molecule has 88 valence electrons. The van der Waals surface area contributed by atoms with Crippen LogP contribution in [-0.4, -0.2) is 23.0 Å². The molecule has 0 amide bonds. The summed E-state index contributed by atoms with van der Waals surface area (Å²) in [5, 5.41) is 8.57. The first-order valence-corrected chi connectivity index (χ1v) is 5.62. The van der Waals surface area contributed by atoms with Gasteiger partial charge in [-0.2, -0.15) is 0 Å². The molecule has 1 atom stereocenters. The highest BCUT2D eigenvalue weighted by atomic mass is 79.9. The fourth-order valence-electron chi connectivity index (χ4n) is 1.35. The van der Waals surface area contributed by atoms with Crippen LogP contribution in [0.25, 0.3) is 0 Å². The van der Waals surface area contributed by atoms with E-state index >= 15 is 0 Å². The number of methoxy groups -OCH3 is 1. The van der Waals surface area contributed by atoms with Crippen LogP contribution < -0.4 is 4.74 Å². The molecule has 0 fully saturated rings. The van der Waals surface area contributed by atoms with Crippen molar-refractivity contribution >= 4 is 21.9 Å². The van der Waals surface area contributed by atoms with E-state index in [0.29, 0.717) is 6.42 Å². The maximum absolute atomic E-state index is 13.3. The van der Waals surface area contributed by atoms with Gasteiger partial charge in [-0.1, -0.05) is 22.0 Å². The summed E-state index contributed by atoms with van der Waals surface area (Å²) in [7, 11) is 1.40. The largest absolute Gasteiger partial charge is 0.494 e. The van der Waals surface area contributed by atoms with Gasteiger partial charge in [0, 0.05) is 4.83 Å². The van der Waals surface area contributed by atoms with E-state index in [4.69, 9.17) is 9.84 Å². The predicted molar refractivity (Wildman–Crippen MR) is 61.6 cm³/mol. The fourth-order valence-corrected chi connectivity index (χ4v) is 2.01. The van der Waals surface area contributed by atoms with E-state index in [2.05, 4.69) is 15.9 Å². The number of halogens is 2. The molecule has 0 saturated carbocycles. The van der Waals surface area contributed by atoms with Gasteiger partial charge in [0.25, 0.3) is 0 Å². The molecule has 0 aromatic heterocycles. The zero-order chi connectivity index (χ0) is 12.1. The average molecular weight is 291 g/mol. The minimum Gasteiger partial charge on any atom is -0.494 e. The molecule has 0 spiro atoms. The molecule has 0 aliphatic rings. The number of aliphatic carboxylic acids is 1. The molecule has 0 heterocycles. The van der Waals surface area contributed by atoms with Gasteiger partial charge in [-0.25, -0.2) is 4.39 Å². The van der Waals surface area contributed by atoms with Crippen LogP contribution in [-0.2, 0) is 11.2 Å². The van der Waals surface area contributed by atoms with E-state index in [1.165, 1.54) is 19.2 Å². The first-order chi connectivity index (χ1) is 7.52. The number of rotatable bonds is 5. The summed E-state index contributed by atoms with van der Waals surface area (Å²) in [4.78, 5) is 10.2. The highest BCUT2D eigenvalue weighted by Crippen LogP contribution is 2.20. The molecular formula is C11H12BrFO3.